The molecule has 0 aromatic rings. The van der Waals surface area contributed by atoms with Gasteiger partial charge in [-0.25, -0.2) is 0 Å². The fourth-order valence-corrected chi connectivity index (χ4v) is 3.29. The van der Waals surface area contributed by atoms with Crippen LogP contribution in [0.15, 0.2) is 11.6 Å². The summed E-state index contributed by atoms with van der Waals surface area (Å²) in [6.07, 6.45) is 1.72. The molecule has 2 N–H and O–H groups in total. The molecule has 0 aliphatic heterocycles. The summed E-state index contributed by atoms with van der Waals surface area (Å²) in [6.45, 7) is 3.20. The number of aliphatic carboxylic acids is 2. The monoisotopic (exact) mass is 294 g/mol. The van der Waals surface area contributed by atoms with Gasteiger partial charge in [-0.3, -0.25) is 9.59 Å². The fourth-order valence-electron chi connectivity index (χ4n) is 2.52. The predicted molar refractivity (Wildman–Crippen MR) is 69.2 cm³/mol. The van der Waals surface area contributed by atoms with Crippen LogP contribution in [0.3, 0.4) is 0 Å². The quantitative estimate of drug-likeness (QED) is 0.617. The third-order valence-corrected chi connectivity index (χ3v) is 4.70. The van der Waals surface area contributed by atoms with E-state index in [0.717, 1.165) is 0 Å². The van der Waals surface area contributed by atoms with Crippen LogP contribution in [0.1, 0.15) is 26.7 Å². The zero-order valence-corrected chi connectivity index (χ0v) is 11.8. The molecule has 0 radical (unpaired) electrons. The molecule has 102 valence electrons. The lowest BCUT2D eigenvalue weighted by molar-refractivity contribution is -0.156. The van der Waals surface area contributed by atoms with Gasteiger partial charge in [0, 0.05) is 5.88 Å². The highest BCUT2D eigenvalue weighted by Crippen LogP contribution is 2.50. The van der Waals surface area contributed by atoms with Gasteiger partial charge in [0.05, 0.1) is 16.2 Å². The number of allylic oxidation sites excluding steroid dienone is 1. The molecule has 4 nitrogen and oxygen atoms in total. The van der Waals surface area contributed by atoms with Gasteiger partial charge in [-0.15, -0.1) is 23.2 Å². The molecule has 1 rings (SSSR count). The number of halogens is 2. The number of alkyl halides is 2. The van der Waals surface area contributed by atoms with Crippen LogP contribution >= 0.6 is 23.2 Å². The molecule has 0 heterocycles. The Morgan fingerprint density at radius 1 is 1.44 bits per heavy atom. The SMILES string of the molecule is CCC1(C(=O)O)CC(C)(C(=O)O)C=C(CCl)C1Cl. The Morgan fingerprint density at radius 2 is 2.00 bits per heavy atom. The van der Waals surface area contributed by atoms with Gasteiger partial charge in [-0.1, -0.05) is 13.0 Å². The summed E-state index contributed by atoms with van der Waals surface area (Å²) in [5.41, 5.74) is -2.06. The first-order valence-electron chi connectivity index (χ1n) is 5.62. The van der Waals surface area contributed by atoms with E-state index >= 15 is 0 Å². The highest BCUT2D eigenvalue weighted by atomic mass is 35.5. The molecule has 3 unspecified atom stereocenters. The normalized spacial score (nSPS) is 36.0. The average molecular weight is 295 g/mol. The zero-order valence-electron chi connectivity index (χ0n) is 10.2. The van der Waals surface area contributed by atoms with E-state index in [2.05, 4.69) is 0 Å². The van der Waals surface area contributed by atoms with Crippen molar-refractivity contribution in [3.05, 3.63) is 11.6 Å². The summed E-state index contributed by atoms with van der Waals surface area (Å²) < 4.78 is 0. The number of hydrogen-bond donors (Lipinski definition) is 2. The van der Waals surface area contributed by atoms with Crippen LogP contribution in [0.5, 0.6) is 0 Å². The lowest BCUT2D eigenvalue weighted by atomic mass is 9.62. The van der Waals surface area contributed by atoms with Gasteiger partial charge in [0.15, 0.2) is 0 Å². The first-order valence-corrected chi connectivity index (χ1v) is 6.59. The lowest BCUT2D eigenvalue weighted by Crippen LogP contribution is -2.49. The molecule has 18 heavy (non-hydrogen) atoms. The number of carboxylic acid groups (broad SMARTS) is 2. The second-order valence-corrected chi connectivity index (χ2v) is 5.63. The van der Waals surface area contributed by atoms with Gasteiger partial charge in [0.25, 0.3) is 0 Å². The summed E-state index contributed by atoms with van der Waals surface area (Å²) in [7, 11) is 0. The average Bonchev–Trinajstić information content (AvgIpc) is 2.31. The van der Waals surface area contributed by atoms with E-state index < -0.39 is 28.1 Å². The minimum Gasteiger partial charge on any atom is -0.481 e. The molecule has 1 aliphatic carbocycles. The van der Waals surface area contributed by atoms with Crippen LogP contribution in [0.25, 0.3) is 0 Å². The molecule has 0 aromatic heterocycles. The molecule has 3 atom stereocenters. The Hall–Kier alpha value is -0.740. The summed E-state index contributed by atoms with van der Waals surface area (Å²) in [5, 5.41) is 17.9. The molecule has 0 fully saturated rings. The van der Waals surface area contributed by atoms with Crippen molar-refractivity contribution in [3.8, 4) is 0 Å². The summed E-state index contributed by atoms with van der Waals surface area (Å²) in [6, 6.07) is 0. The van der Waals surface area contributed by atoms with Crippen molar-refractivity contribution >= 4 is 35.1 Å². The zero-order chi connectivity index (χ0) is 14.1. The van der Waals surface area contributed by atoms with Gasteiger partial charge in [-0.05, 0) is 25.3 Å². The van der Waals surface area contributed by atoms with E-state index in [1.165, 1.54) is 13.0 Å². The molecular weight excluding hydrogens is 279 g/mol. The molecule has 6 heteroatoms. The van der Waals surface area contributed by atoms with Crippen LogP contribution in [0.4, 0.5) is 0 Å². The third-order valence-electron chi connectivity index (χ3n) is 3.70. The van der Waals surface area contributed by atoms with Crippen molar-refractivity contribution in [2.75, 3.05) is 5.88 Å². The first kappa shape index (κ1) is 15.3. The molecule has 0 saturated heterocycles. The van der Waals surface area contributed by atoms with E-state index in [1.54, 1.807) is 6.92 Å². The van der Waals surface area contributed by atoms with Crippen LogP contribution in [0, 0.1) is 10.8 Å². The topological polar surface area (TPSA) is 74.6 Å². The van der Waals surface area contributed by atoms with Gasteiger partial charge < -0.3 is 10.2 Å². The maximum absolute atomic E-state index is 11.5. The van der Waals surface area contributed by atoms with E-state index in [4.69, 9.17) is 23.2 Å². The van der Waals surface area contributed by atoms with Gasteiger partial charge >= 0.3 is 11.9 Å². The van der Waals surface area contributed by atoms with Crippen molar-refractivity contribution in [1.29, 1.82) is 0 Å². The Balaban J connectivity index is 3.39. The van der Waals surface area contributed by atoms with E-state index in [9.17, 15) is 19.8 Å². The molecule has 0 aromatic carbocycles. The highest BCUT2D eigenvalue weighted by molar-refractivity contribution is 6.27. The molecular formula is C12H16Cl2O4. The van der Waals surface area contributed by atoms with Crippen molar-refractivity contribution in [2.45, 2.75) is 32.1 Å². The Bertz CT molecular complexity index is 407. The minimum atomic E-state index is -1.28. The van der Waals surface area contributed by atoms with Crippen molar-refractivity contribution in [3.63, 3.8) is 0 Å². The van der Waals surface area contributed by atoms with Crippen LogP contribution in [0.2, 0.25) is 0 Å². The standard InChI is InChI=1S/C12H16Cl2O4/c1-3-12(10(17)18)6-11(2,9(15)16)4-7(5-13)8(12)14/h4,8H,3,5-6H2,1-2H3,(H,15,16)(H,17,18). The first-order chi connectivity index (χ1) is 8.23. The largest absolute Gasteiger partial charge is 0.481 e. The molecule has 1 aliphatic rings. The van der Waals surface area contributed by atoms with Crippen molar-refractivity contribution in [2.24, 2.45) is 10.8 Å². The third kappa shape index (κ3) is 2.24. The Kier molecular flexibility index (Phi) is 4.34. The molecule has 0 amide bonds. The van der Waals surface area contributed by atoms with E-state index in [-0.39, 0.29) is 18.7 Å². The Labute approximate surface area is 116 Å². The smallest absolute Gasteiger partial charge is 0.313 e. The van der Waals surface area contributed by atoms with Crippen LogP contribution in [-0.2, 0) is 9.59 Å². The predicted octanol–water partition coefficient (Wildman–Crippen LogP) is 2.73. The van der Waals surface area contributed by atoms with Crippen LogP contribution < -0.4 is 0 Å². The van der Waals surface area contributed by atoms with Crippen LogP contribution in [-0.4, -0.2) is 33.4 Å². The maximum Gasteiger partial charge on any atom is 0.313 e. The van der Waals surface area contributed by atoms with E-state index in [0.29, 0.717) is 5.57 Å². The summed E-state index contributed by atoms with van der Waals surface area (Å²) in [5.74, 6) is -2.10. The number of hydrogen-bond acceptors (Lipinski definition) is 2. The van der Waals surface area contributed by atoms with Crippen molar-refractivity contribution in [1.82, 2.24) is 0 Å². The second-order valence-electron chi connectivity index (χ2n) is 4.93. The molecule has 0 spiro atoms. The molecule has 0 saturated carbocycles. The number of carboxylic acids is 2. The number of carbonyl (C=O) groups is 2. The maximum atomic E-state index is 11.5. The van der Waals surface area contributed by atoms with Gasteiger partial charge in [0.1, 0.15) is 0 Å². The van der Waals surface area contributed by atoms with E-state index in [1.807, 2.05) is 0 Å². The fraction of sp³-hybridized carbons (Fsp3) is 0.667. The van der Waals surface area contributed by atoms with Gasteiger partial charge in [0.2, 0.25) is 0 Å². The summed E-state index contributed by atoms with van der Waals surface area (Å²) >= 11 is 12.0. The Morgan fingerprint density at radius 3 is 2.33 bits per heavy atom. The lowest BCUT2D eigenvalue weighted by Gasteiger charge is -2.43. The van der Waals surface area contributed by atoms with Crippen molar-refractivity contribution < 1.29 is 19.8 Å². The minimum absolute atomic E-state index is 0.0320. The number of rotatable bonds is 4. The second kappa shape index (κ2) is 5.10. The molecule has 0 bridgehead atoms. The van der Waals surface area contributed by atoms with Gasteiger partial charge in [-0.2, -0.15) is 0 Å². The highest BCUT2D eigenvalue weighted by Gasteiger charge is 2.54. The summed E-state index contributed by atoms with van der Waals surface area (Å²) in [4.78, 5) is 22.9.